The number of halogens is 1. The summed E-state index contributed by atoms with van der Waals surface area (Å²) in [5.41, 5.74) is 2.49. The van der Waals surface area contributed by atoms with E-state index in [2.05, 4.69) is 11.4 Å². The maximum Gasteiger partial charge on any atom is 0.198 e. The van der Waals surface area contributed by atoms with Crippen molar-refractivity contribution >= 4 is 11.6 Å². The second-order valence-corrected chi connectivity index (χ2v) is 4.24. The molecule has 2 nitrogen and oxygen atoms in total. The van der Waals surface area contributed by atoms with Crippen LogP contribution in [-0.4, -0.2) is 7.05 Å². The molecule has 82 valence electrons. The molecule has 1 aliphatic carbocycles. The standard InChI is InChI=1S/C12H16ClNO/c1-14-11(9-5-3-2-4-6-9)10-7-8-15-12(10)13/h5,7-8,11,14H,2-4,6H2,1H3. The third-order valence-electron chi connectivity index (χ3n) is 2.94. The van der Waals surface area contributed by atoms with Crippen LogP contribution in [0.4, 0.5) is 0 Å². The molecule has 1 atom stereocenters. The summed E-state index contributed by atoms with van der Waals surface area (Å²) < 4.78 is 5.14. The Morgan fingerprint density at radius 1 is 1.47 bits per heavy atom. The Morgan fingerprint density at radius 3 is 2.87 bits per heavy atom. The molecule has 3 heteroatoms. The van der Waals surface area contributed by atoms with E-state index >= 15 is 0 Å². The molecule has 1 N–H and O–H groups in total. The summed E-state index contributed by atoms with van der Waals surface area (Å²) in [7, 11) is 1.96. The minimum atomic E-state index is 0.219. The van der Waals surface area contributed by atoms with Gasteiger partial charge < -0.3 is 9.73 Å². The van der Waals surface area contributed by atoms with Crippen LogP contribution in [0.1, 0.15) is 37.3 Å². The van der Waals surface area contributed by atoms with E-state index < -0.39 is 0 Å². The largest absolute Gasteiger partial charge is 0.453 e. The summed E-state index contributed by atoms with van der Waals surface area (Å²) >= 11 is 6.00. The quantitative estimate of drug-likeness (QED) is 0.794. The van der Waals surface area contributed by atoms with Crippen molar-refractivity contribution in [1.29, 1.82) is 0 Å². The molecule has 1 aromatic rings. The van der Waals surface area contributed by atoms with Gasteiger partial charge in [-0.1, -0.05) is 11.6 Å². The molecule has 1 heterocycles. The van der Waals surface area contributed by atoms with Crippen molar-refractivity contribution in [2.24, 2.45) is 0 Å². The van der Waals surface area contributed by atoms with E-state index in [4.69, 9.17) is 16.0 Å². The van der Waals surface area contributed by atoms with Gasteiger partial charge in [0, 0.05) is 5.56 Å². The third kappa shape index (κ3) is 2.27. The van der Waals surface area contributed by atoms with Crippen molar-refractivity contribution in [1.82, 2.24) is 5.32 Å². The third-order valence-corrected chi connectivity index (χ3v) is 3.25. The molecule has 0 fully saturated rings. The van der Waals surface area contributed by atoms with Crippen LogP contribution in [0.5, 0.6) is 0 Å². The SMILES string of the molecule is CNC(C1=CCCCC1)c1ccoc1Cl. The van der Waals surface area contributed by atoms with Gasteiger partial charge in [-0.25, -0.2) is 0 Å². The van der Waals surface area contributed by atoms with Crippen LogP contribution >= 0.6 is 11.6 Å². The fourth-order valence-electron chi connectivity index (χ4n) is 2.18. The Hall–Kier alpha value is -0.730. The van der Waals surface area contributed by atoms with Gasteiger partial charge >= 0.3 is 0 Å². The maximum absolute atomic E-state index is 6.00. The molecular formula is C12H16ClNO. The Labute approximate surface area is 95.3 Å². The molecule has 0 aromatic carbocycles. The lowest BCUT2D eigenvalue weighted by atomic mass is 9.91. The average molecular weight is 226 g/mol. The lowest BCUT2D eigenvalue weighted by Crippen LogP contribution is -2.19. The topological polar surface area (TPSA) is 25.2 Å². The molecule has 0 aliphatic heterocycles. The summed E-state index contributed by atoms with van der Waals surface area (Å²) in [6, 6.07) is 2.16. The summed E-state index contributed by atoms with van der Waals surface area (Å²) in [4.78, 5) is 0. The number of nitrogens with one attached hydrogen (secondary N) is 1. The molecule has 0 spiro atoms. The molecular weight excluding hydrogens is 210 g/mol. The van der Waals surface area contributed by atoms with E-state index in [-0.39, 0.29) is 6.04 Å². The molecule has 1 aliphatic rings. The van der Waals surface area contributed by atoms with E-state index in [1.54, 1.807) is 6.26 Å². The normalized spacial score (nSPS) is 18.7. The van der Waals surface area contributed by atoms with Crippen LogP contribution in [0.3, 0.4) is 0 Å². The molecule has 0 bridgehead atoms. The highest BCUT2D eigenvalue weighted by Crippen LogP contribution is 2.33. The summed E-state index contributed by atoms with van der Waals surface area (Å²) in [6.07, 6.45) is 8.90. The molecule has 0 amide bonds. The number of hydrogen-bond acceptors (Lipinski definition) is 2. The monoisotopic (exact) mass is 225 g/mol. The highest BCUT2D eigenvalue weighted by atomic mass is 35.5. The smallest absolute Gasteiger partial charge is 0.198 e. The Kier molecular flexibility index (Phi) is 3.49. The van der Waals surface area contributed by atoms with Gasteiger partial charge in [-0.3, -0.25) is 0 Å². The average Bonchev–Trinajstić information content (AvgIpc) is 2.68. The van der Waals surface area contributed by atoms with E-state index in [1.807, 2.05) is 13.1 Å². The first-order valence-electron chi connectivity index (χ1n) is 5.42. The second kappa shape index (κ2) is 4.86. The molecule has 2 rings (SSSR count). The van der Waals surface area contributed by atoms with E-state index in [1.165, 1.54) is 24.8 Å². The zero-order chi connectivity index (χ0) is 10.7. The number of rotatable bonds is 3. The van der Waals surface area contributed by atoms with E-state index in [0.29, 0.717) is 5.22 Å². The molecule has 0 saturated heterocycles. The molecule has 1 aromatic heterocycles. The Morgan fingerprint density at radius 2 is 2.33 bits per heavy atom. The lowest BCUT2D eigenvalue weighted by Gasteiger charge is -2.22. The molecule has 0 radical (unpaired) electrons. The van der Waals surface area contributed by atoms with Crippen LogP contribution in [0.2, 0.25) is 5.22 Å². The molecule has 15 heavy (non-hydrogen) atoms. The van der Waals surface area contributed by atoms with Crippen LogP contribution < -0.4 is 5.32 Å². The van der Waals surface area contributed by atoms with Crippen molar-refractivity contribution in [2.75, 3.05) is 7.05 Å². The van der Waals surface area contributed by atoms with Gasteiger partial charge in [0.2, 0.25) is 0 Å². The van der Waals surface area contributed by atoms with Gasteiger partial charge in [-0.15, -0.1) is 0 Å². The van der Waals surface area contributed by atoms with Crippen molar-refractivity contribution in [3.63, 3.8) is 0 Å². The van der Waals surface area contributed by atoms with Gasteiger partial charge in [0.1, 0.15) is 0 Å². The van der Waals surface area contributed by atoms with Crippen molar-refractivity contribution in [2.45, 2.75) is 31.7 Å². The fraction of sp³-hybridized carbons (Fsp3) is 0.500. The first kappa shape index (κ1) is 10.8. The van der Waals surface area contributed by atoms with Crippen LogP contribution in [0, 0.1) is 0 Å². The Bertz CT molecular complexity index is 356. The van der Waals surface area contributed by atoms with Crippen molar-refractivity contribution < 1.29 is 4.42 Å². The number of furan rings is 1. The summed E-state index contributed by atoms with van der Waals surface area (Å²) in [5.74, 6) is 0. The highest BCUT2D eigenvalue weighted by molar-refractivity contribution is 6.29. The minimum absolute atomic E-state index is 0.219. The predicted octanol–water partition coefficient (Wildman–Crippen LogP) is 3.69. The van der Waals surface area contributed by atoms with Gasteiger partial charge in [0.15, 0.2) is 5.22 Å². The second-order valence-electron chi connectivity index (χ2n) is 3.90. The van der Waals surface area contributed by atoms with Gasteiger partial charge in [0.05, 0.1) is 12.3 Å². The molecule has 1 unspecified atom stereocenters. The van der Waals surface area contributed by atoms with Crippen molar-refractivity contribution in [3.8, 4) is 0 Å². The van der Waals surface area contributed by atoms with Gasteiger partial charge in [-0.2, -0.15) is 0 Å². The van der Waals surface area contributed by atoms with E-state index in [0.717, 1.165) is 12.0 Å². The highest BCUT2D eigenvalue weighted by Gasteiger charge is 2.20. The summed E-state index contributed by atoms with van der Waals surface area (Å²) in [6.45, 7) is 0. The number of allylic oxidation sites excluding steroid dienone is 1. The first-order chi connectivity index (χ1) is 7.33. The van der Waals surface area contributed by atoms with Gasteiger partial charge in [0.25, 0.3) is 0 Å². The lowest BCUT2D eigenvalue weighted by molar-refractivity contribution is 0.550. The number of hydrogen-bond donors (Lipinski definition) is 1. The van der Waals surface area contributed by atoms with E-state index in [9.17, 15) is 0 Å². The Balaban J connectivity index is 2.24. The van der Waals surface area contributed by atoms with Crippen molar-refractivity contribution in [3.05, 3.63) is 34.8 Å². The van der Waals surface area contributed by atoms with Gasteiger partial charge in [-0.05, 0) is 50.4 Å². The zero-order valence-corrected chi connectivity index (χ0v) is 9.68. The number of likely N-dealkylation sites (N-methyl/N-ethyl adjacent to an activating group) is 1. The fourth-order valence-corrected chi connectivity index (χ4v) is 2.40. The van der Waals surface area contributed by atoms with Crippen LogP contribution in [-0.2, 0) is 0 Å². The molecule has 0 saturated carbocycles. The summed E-state index contributed by atoms with van der Waals surface area (Å²) in [5, 5.41) is 3.80. The minimum Gasteiger partial charge on any atom is -0.453 e. The first-order valence-corrected chi connectivity index (χ1v) is 5.80. The predicted molar refractivity (Wildman–Crippen MR) is 62.1 cm³/mol. The zero-order valence-electron chi connectivity index (χ0n) is 8.92. The maximum atomic E-state index is 6.00. The van der Waals surface area contributed by atoms with Crippen LogP contribution in [0.15, 0.2) is 28.4 Å². The van der Waals surface area contributed by atoms with Crippen LogP contribution in [0.25, 0.3) is 0 Å².